The highest BCUT2D eigenvalue weighted by atomic mass is 32.1. The molecule has 2 N–H and O–H groups in total. The molecule has 2 aromatic rings. The zero-order valence-corrected chi connectivity index (χ0v) is 13.4. The molecule has 0 amide bonds. The van der Waals surface area contributed by atoms with Crippen LogP contribution in [0.5, 0.6) is 0 Å². The van der Waals surface area contributed by atoms with Crippen LogP contribution in [0.1, 0.15) is 43.7 Å². The lowest BCUT2D eigenvalue weighted by molar-refractivity contribution is -0.0458. The quantitative estimate of drug-likeness (QED) is 0.904. The molecule has 1 aromatic heterocycles. The van der Waals surface area contributed by atoms with Gasteiger partial charge in [-0.25, -0.2) is 0 Å². The lowest BCUT2D eigenvalue weighted by Crippen LogP contribution is -2.61. The lowest BCUT2D eigenvalue weighted by Gasteiger charge is -2.53. The number of benzene rings is 1. The Bertz CT molecular complexity index is 671. The molecular formula is C18H23NOS. The summed E-state index contributed by atoms with van der Waals surface area (Å²) >= 11 is 1.82. The maximum atomic E-state index is 11.3. The third kappa shape index (κ3) is 1.84. The second kappa shape index (κ2) is 4.80. The van der Waals surface area contributed by atoms with Crippen molar-refractivity contribution in [2.45, 2.75) is 50.0 Å². The summed E-state index contributed by atoms with van der Waals surface area (Å²) in [7, 11) is 0. The molecule has 0 saturated heterocycles. The van der Waals surface area contributed by atoms with Gasteiger partial charge in [0.2, 0.25) is 0 Å². The van der Waals surface area contributed by atoms with E-state index in [1.807, 2.05) is 11.3 Å². The number of hydrogen-bond donors (Lipinski definition) is 2. The Morgan fingerprint density at radius 2 is 2.10 bits per heavy atom. The molecule has 1 aromatic carbocycles. The van der Waals surface area contributed by atoms with E-state index in [1.54, 1.807) is 0 Å². The van der Waals surface area contributed by atoms with Gasteiger partial charge in [0.05, 0.1) is 5.60 Å². The minimum Gasteiger partial charge on any atom is -0.389 e. The molecule has 0 bridgehead atoms. The highest BCUT2D eigenvalue weighted by molar-refractivity contribution is 7.17. The standard InChI is InChI=1S/C18H23NOS/c1-2-19-12-17(18(20)6-3-4-7-18)11-14-10-16-13(5-8-21-16)9-15(14)17/h5,8-10,19-20H,2-4,6-7,11-12H2,1H3. The van der Waals surface area contributed by atoms with Crippen molar-refractivity contribution in [1.29, 1.82) is 0 Å². The molecule has 3 heteroatoms. The van der Waals surface area contributed by atoms with E-state index in [0.717, 1.165) is 32.4 Å². The Labute approximate surface area is 130 Å². The fraction of sp³-hybridized carbons (Fsp3) is 0.556. The van der Waals surface area contributed by atoms with E-state index < -0.39 is 5.60 Å². The molecule has 0 radical (unpaired) electrons. The summed E-state index contributed by atoms with van der Waals surface area (Å²) in [6, 6.07) is 6.89. The summed E-state index contributed by atoms with van der Waals surface area (Å²) in [4.78, 5) is 0. The molecule has 1 heterocycles. The van der Waals surface area contributed by atoms with Crippen LogP contribution in [0.3, 0.4) is 0 Å². The predicted molar refractivity (Wildman–Crippen MR) is 89.2 cm³/mol. The molecular weight excluding hydrogens is 278 g/mol. The fourth-order valence-corrected chi connectivity index (χ4v) is 5.31. The van der Waals surface area contributed by atoms with E-state index in [9.17, 15) is 5.11 Å². The summed E-state index contributed by atoms with van der Waals surface area (Å²) in [5.41, 5.74) is 2.28. The second-order valence-electron chi connectivity index (χ2n) is 6.75. The Morgan fingerprint density at radius 3 is 2.86 bits per heavy atom. The van der Waals surface area contributed by atoms with Gasteiger partial charge in [0, 0.05) is 16.7 Å². The van der Waals surface area contributed by atoms with E-state index >= 15 is 0 Å². The summed E-state index contributed by atoms with van der Waals surface area (Å²) < 4.78 is 1.38. The third-order valence-corrected chi connectivity index (χ3v) is 6.56. The van der Waals surface area contributed by atoms with Gasteiger partial charge in [0.15, 0.2) is 0 Å². The van der Waals surface area contributed by atoms with Crippen molar-refractivity contribution < 1.29 is 5.11 Å². The highest BCUT2D eigenvalue weighted by Crippen LogP contribution is 2.55. The smallest absolute Gasteiger partial charge is 0.0759 e. The fourth-order valence-electron chi connectivity index (χ4n) is 4.47. The van der Waals surface area contributed by atoms with Crippen LogP contribution in [-0.4, -0.2) is 23.8 Å². The SMILES string of the molecule is CCNCC1(C2(O)CCCC2)Cc2cc3sccc3cc21. The lowest BCUT2D eigenvalue weighted by atomic mass is 9.54. The minimum atomic E-state index is -0.508. The van der Waals surface area contributed by atoms with Crippen molar-refractivity contribution in [2.75, 3.05) is 13.1 Å². The van der Waals surface area contributed by atoms with Crippen LogP contribution >= 0.6 is 11.3 Å². The number of hydrogen-bond acceptors (Lipinski definition) is 3. The van der Waals surface area contributed by atoms with Gasteiger partial charge in [-0.15, -0.1) is 11.3 Å². The summed E-state index contributed by atoms with van der Waals surface area (Å²) in [5, 5.41) is 18.3. The van der Waals surface area contributed by atoms with E-state index in [4.69, 9.17) is 0 Å². The van der Waals surface area contributed by atoms with Gasteiger partial charge in [-0.3, -0.25) is 0 Å². The maximum absolute atomic E-state index is 11.3. The first kappa shape index (κ1) is 13.7. The van der Waals surface area contributed by atoms with Crippen LogP contribution in [0.4, 0.5) is 0 Å². The average Bonchev–Trinajstić information content (AvgIpc) is 3.09. The van der Waals surface area contributed by atoms with Crippen molar-refractivity contribution in [3.8, 4) is 0 Å². The Balaban J connectivity index is 1.81. The zero-order valence-electron chi connectivity index (χ0n) is 12.6. The number of likely N-dealkylation sites (N-methyl/N-ethyl adjacent to an activating group) is 1. The Hall–Kier alpha value is -0.900. The number of aliphatic hydroxyl groups is 1. The number of thiophene rings is 1. The summed E-state index contributed by atoms with van der Waals surface area (Å²) in [6.45, 7) is 4.02. The van der Waals surface area contributed by atoms with E-state index in [-0.39, 0.29) is 5.41 Å². The van der Waals surface area contributed by atoms with Gasteiger partial charge in [-0.2, -0.15) is 0 Å². The highest BCUT2D eigenvalue weighted by Gasteiger charge is 2.57. The van der Waals surface area contributed by atoms with E-state index in [0.29, 0.717) is 0 Å². The molecule has 1 atom stereocenters. The molecule has 0 aliphatic heterocycles. The molecule has 2 aliphatic rings. The largest absolute Gasteiger partial charge is 0.389 e. The van der Waals surface area contributed by atoms with Gasteiger partial charge < -0.3 is 10.4 Å². The van der Waals surface area contributed by atoms with Gasteiger partial charge >= 0.3 is 0 Å². The number of fused-ring (bicyclic) bond motifs is 2. The average molecular weight is 301 g/mol. The predicted octanol–water partition coefficient (Wildman–Crippen LogP) is 3.61. The molecule has 1 saturated carbocycles. The molecule has 0 spiro atoms. The van der Waals surface area contributed by atoms with E-state index in [2.05, 4.69) is 35.8 Å². The zero-order chi connectivity index (χ0) is 14.5. The number of nitrogens with one attached hydrogen (secondary N) is 1. The second-order valence-corrected chi connectivity index (χ2v) is 7.69. The van der Waals surface area contributed by atoms with Crippen LogP contribution in [0.2, 0.25) is 0 Å². The molecule has 2 aliphatic carbocycles. The first-order chi connectivity index (χ1) is 10.2. The topological polar surface area (TPSA) is 32.3 Å². The van der Waals surface area contributed by atoms with Crippen LogP contribution in [-0.2, 0) is 11.8 Å². The minimum absolute atomic E-state index is 0.0645. The van der Waals surface area contributed by atoms with Crippen LogP contribution in [0.15, 0.2) is 23.6 Å². The number of rotatable bonds is 4. The molecule has 2 nitrogen and oxygen atoms in total. The molecule has 4 rings (SSSR count). The van der Waals surface area contributed by atoms with Gasteiger partial charge in [0.25, 0.3) is 0 Å². The van der Waals surface area contributed by atoms with Crippen LogP contribution < -0.4 is 5.32 Å². The first-order valence-corrected chi connectivity index (χ1v) is 9.00. The van der Waals surface area contributed by atoms with Crippen LogP contribution in [0.25, 0.3) is 10.1 Å². The van der Waals surface area contributed by atoms with Crippen molar-refractivity contribution in [3.05, 3.63) is 34.7 Å². The Morgan fingerprint density at radius 1 is 1.29 bits per heavy atom. The van der Waals surface area contributed by atoms with Crippen molar-refractivity contribution in [1.82, 2.24) is 5.32 Å². The first-order valence-electron chi connectivity index (χ1n) is 8.12. The van der Waals surface area contributed by atoms with Crippen molar-refractivity contribution in [2.24, 2.45) is 0 Å². The van der Waals surface area contributed by atoms with Crippen molar-refractivity contribution in [3.63, 3.8) is 0 Å². The monoisotopic (exact) mass is 301 g/mol. The normalized spacial score (nSPS) is 26.8. The molecule has 1 unspecified atom stereocenters. The van der Waals surface area contributed by atoms with Gasteiger partial charge in [-0.1, -0.05) is 19.8 Å². The Kier molecular flexibility index (Phi) is 3.14. The molecule has 1 fully saturated rings. The summed E-state index contributed by atoms with van der Waals surface area (Å²) in [6.07, 6.45) is 5.28. The van der Waals surface area contributed by atoms with E-state index in [1.165, 1.54) is 34.1 Å². The molecule has 21 heavy (non-hydrogen) atoms. The maximum Gasteiger partial charge on any atom is 0.0759 e. The molecule has 112 valence electrons. The third-order valence-electron chi connectivity index (χ3n) is 5.68. The van der Waals surface area contributed by atoms with Gasteiger partial charge in [0.1, 0.15) is 0 Å². The van der Waals surface area contributed by atoms with Crippen LogP contribution in [0, 0.1) is 0 Å². The van der Waals surface area contributed by atoms with Crippen molar-refractivity contribution >= 4 is 21.4 Å². The van der Waals surface area contributed by atoms with Gasteiger partial charge in [-0.05, 0) is 65.9 Å². The summed E-state index contributed by atoms with van der Waals surface area (Å²) in [5.74, 6) is 0.